The van der Waals surface area contributed by atoms with Crippen LogP contribution in [0, 0.1) is 0 Å². The van der Waals surface area contributed by atoms with Gasteiger partial charge in [0.05, 0.1) is 41.6 Å². The van der Waals surface area contributed by atoms with Crippen LogP contribution in [0.5, 0.6) is 17.2 Å². The predicted molar refractivity (Wildman–Crippen MR) is 203 cm³/mol. The first kappa shape index (κ1) is 42.9. The number of carbonyl (C=O) groups excluding carboxylic acids is 1. The van der Waals surface area contributed by atoms with Crippen molar-refractivity contribution in [2.45, 2.75) is 27.5 Å². The lowest BCUT2D eigenvalue weighted by atomic mass is 10.1. The zero-order chi connectivity index (χ0) is 41.8. The van der Waals surface area contributed by atoms with Crippen molar-refractivity contribution in [2.24, 2.45) is 20.5 Å². The highest BCUT2D eigenvalue weighted by molar-refractivity contribution is 7.94. The molecule has 0 saturated heterocycles. The van der Waals surface area contributed by atoms with Crippen LogP contribution in [0.2, 0.25) is 0 Å². The number of methoxy groups -OCH3 is 2. The first-order valence-electron chi connectivity index (χ1n) is 15.4. The molecule has 0 aromatic heterocycles. The number of nitrogens with one attached hydrogen (secondary N) is 1. The number of hydrogen-bond donors (Lipinski definition) is 5. The van der Waals surface area contributed by atoms with Crippen molar-refractivity contribution >= 4 is 90.7 Å². The molecule has 0 saturated carbocycles. The number of benzene rings is 4. The minimum absolute atomic E-state index is 0.0140. The largest absolute Gasteiger partial charge is 0.507 e. The molecule has 0 spiro atoms. The Labute approximate surface area is 320 Å². The summed E-state index contributed by atoms with van der Waals surface area (Å²) in [5.41, 5.74) is 4.08. The molecule has 20 nitrogen and oxygen atoms in total. The summed E-state index contributed by atoms with van der Waals surface area (Å²) in [5, 5.41) is 30.3. The lowest BCUT2D eigenvalue weighted by molar-refractivity contribution is -0.116. The van der Waals surface area contributed by atoms with Gasteiger partial charge in [-0.1, -0.05) is 19.2 Å². The Bertz CT molecular complexity index is 2790. The number of azo groups is 2. The minimum atomic E-state index is -5.19. The lowest BCUT2D eigenvalue weighted by Gasteiger charge is -2.13. The van der Waals surface area contributed by atoms with Gasteiger partial charge in [0.25, 0.3) is 20.2 Å². The summed E-state index contributed by atoms with van der Waals surface area (Å²) in [5.74, 6) is -2.29. The molecule has 4 aromatic rings. The highest BCUT2D eigenvalue weighted by atomic mass is 32.2. The Balaban J connectivity index is 1.93. The van der Waals surface area contributed by atoms with Crippen LogP contribution < -0.4 is 20.5 Å². The van der Waals surface area contributed by atoms with Gasteiger partial charge in [-0.2, -0.15) is 16.8 Å². The Morgan fingerprint density at radius 2 is 1.43 bits per heavy atom. The third-order valence-corrected chi connectivity index (χ3v) is 12.1. The fraction of sp³-hybridized carbons (Fsp3) is 0.156. The zero-order valence-corrected chi connectivity index (χ0v) is 32.4. The maximum absolute atomic E-state index is 13.0. The summed E-state index contributed by atoms with van der Waals surface area (Å²) >= 11 is 0. The Morgan fingerprint density at radius 1 is 0.786 bits per heavy atom. The molecule has 4 aromatic carbocycles. The molecule has 0 radical (unpaired) electrons. The number of amides is 1. The molecule has 0 fully saturated rings. The topological polar surface area (TPSA) is 320 Å². The number of phenolic OH excluding ortho intramolecular Hbond substituents is 1. The molecule has 6 N–H and O–H groups in total. The summed E-state index contributed by atoms with van der Waals surface area (Å²) in [6, 6.07) is 8.11. The second-order valence-corrected chi connectivity index (χ2v) is 18.0. The van der Waals surface area contributed by atoms with Crippen LogP contribution in [0.3, 0.4) is 0 Å². The van der Waals surface area contributed by atoms with E-state index in [-0.39, 0.29) is 62.8 Å². The average Bonchev–Trinajstić information content (AvgIpc) is 3.12. The van der Waals surface area contributed by atoms with Crippen LogP contribution in [0.1, 0.15) is 12.8 Å². The third kappa shape index (κ3) is 9.89. The molecular formula is C32H32N6O14S4. The number of carbonyl (C=O) groups is 1. The number of phenols is 1. The molecule has 0 aliphatic rings. The number of rotatable bonds is 16. The van der Waals surface area contributed by atoms with Crippen molar-refractivity contribution in [3.8, 4) is 17.2 Å². The molecule has 298 valence electrons. The maximum atomic E-state index is 13.0. The Kier molecular flexibility index (Phi) is 12.7. The van der Waals surface area contributed by atoms with Gasteiger partial charge in [0.2, 0.25) is 15.7 Å². The monoisotopic (exact) mass is 852 g/mol. The van der Waals surface area contributed by atoms with Crippen molar-refractivity contribution in [3.63, 3.8) is 0 Å². The van der Waals surface area contributed by atoms with Gasteiger partial charge in [-0.25, -0.2) is 16.8 Å². The molecule has 24 heteroatoms. The fourth-order valence-corrected chi connectivity index (χ4v) is 7.63. The van der Waals surface area contributed by atoms with Gasteiger partial charge in [0.15, 0.2) is 9.84 Å². The predicted octanol–water partition coefficient (Wildman–Crippen LogP) is 5.66. The van der Waals surface area contributed by atoms with Crippen molar-refractivity contribution in [3.05, 3.63) is 72.5 Å². The van der Waals surface area contributed by atoms with E-state index >= 15 is 0 Å². The van der Waals surface area contributed by atoms with Crippen LogP contribution in [-0.4, -0.2) is 73.8 Å². The van der Waals surface area contributed by atoms with Gasteiger partial charge in [-0.3, -0.25) is 13.9 Å². The Morgan fingerprint density at radius 3 is 2.02 bits per heavy atom. The van der Waals surface area contributed by atoms with E-state index in [2.05, 4.69) is 38.9 Å². The van der Waals surface area contributed by atoms with Gasteiger partial charge in [0, 0.05) is 35.4 Å². The lowest BCUT2D eigenvalue weighted by Crippen LogP contribution is -2.13. The number of fused-ring (bicyclic) bond motifs is 1. The number of ether oxygens (including phenoxy) is 2. The number of aromatic hydroxyl groups is 1. The standard InChI is InChI=1S/C32H32N6O14S4/c1-5-53(41,42)11-7-8-30(40)34-21-14-24(37-38-32-20(33)10-9-18-12-19(55(45,46)47)13-25(39)31(18)32)28(56(48,49)50)16-22(21)35-36-23-15-27(52-4)29(17-26(23)51-3)54(43,44)6-2/h5-6,9-10,12-17,39H,1-2,7-8,11,33H2,3-4H3,(H,34,40)(H,45,46,47)(H,48,49,50)/b36-35+,38-37+. The van der Waals surface area contributed by atoms with E-state index in [0.29, 0.717) is 11.5 Å². The third-order valence-electron chi connectivity index (χ3n) is 7.60. The van der Waals surface area contributed by atoms with Gasteiger partial charge in [0.1, 0.15) is 49.8 Å². The van der Waals surface area contributed by atoms with Crippen molar-refractivity contribution in [2.75, 3.05) is 31.0 Å². The van der Waals surface area contributed by atoms with E-state index in [9.17, 15) is 52.7 Å². The molecule has 0 aliphatic heterocycles. The van der Waals surface area contributed by atoms with Crippen LogP contribution in [0.4, 0.5) is 34.1 Å². The quantitative estimate of drug-likeness (QED) is 0.0515. The summed E-state index contributed by atoms with van der Waals surface area (Å²) in [7, 11) is -15.3. The van der Waals surface area contributed by atoms with Gasteiger partial charge < -0.3 is 25.6 Å². The SMILES string of the molecule is C=CS(=O)(=O)CCCC(=O)Nc1cc(/N=N/c2c(N)ccc3cc(S(=O)(=O)O)cc(O)c23)c(S(=O)(=O)O)cc1/N=N/c1cc(OC)c(S(=O)(=O)C=C)cc1OC. The molecule has 4 rings (SSSR count). The summed E-state index contributed by atoms with van der Waals surface area (Å²) in [6.45, 7) is 6.49. The Hall–Kier alpha value is -5.79. The second-order valence-electron chi connectivity index (χ2n) is 11.3. The highest BCUT2D eigenvalue weighted by Gasteiger charge is 2.24. The van der Waals surface area contributed by atoms with Gasteiger partial charge >= 0.3 is 0 Å². The number of hydrogen-bond acceptors (Lipinski definition) is 17. The fourth-order valence-electron chi connectivity index (χ4n) is 4.88. The molecule has 0 bridgehead atoms. The zero-order valence-electron chi connectivity index (χ0n) is 29.1. The molecule has 56 heavy (non-hydrogen) atoms. The van der Waals surface area contributed by atoms with Crippen LogP contribution >= 0.6 is 0 Å². The van der Waals surface area contributed by atoms with E-state index in [0.717, 1.165) is 35.7 Å². The molecule has 0 unspecified atom stereocenters. The van der Waals surface area contributed by atoms with E-state index in [1.54, 1.807) is 0 Å². The summed E-state index contributed by atoms with van der Waals surface area (Å²) in [6.07, 6.45) is -0.533. The summed E-state index contributed by atoms with van der Waals surface area (Å²) < 4.78 is 128. The number of nitrogen functional groups attached to an aromatic ring is 1. The number of nitrogens with two attached hydrogens (primary N) is 1. The van der Waals surface area contributed by atoms with Crippen molar-refractivity contribution in [1.29, 1.82) is 0 Å². The van der Waals surface area contributed by atoms with Crippen LogP contribution in [0.25, 0.3) is 10.8 Å². The molecular weight excluding hydrogens is 821 g/mol. The number of anilines is 2. The van der Waals surface area contributed by atoms with Gasteiger partial charge in [-0.15, -0.1) is 20.5 Å². The molecule has 1 amide bonds. The van der Waals surface area contributed by atoms with Crippen LogP contribution in [-0.2, 0) is 44.7 Å². The van der Waals surface area contributed by atoms with E-state index in [4.69, 9.17) is 15.2 Å². The molecule has 0 aliphatic carbocycles. The second kappa shape index (κ2) is 16.5. The van der Waals surface area contributed by atoms with Crippen LogP contribution in [0.15, 0.2) is 108 Å². The smallest absolute Gasteiger partial charge is 0.296 e. The highest BCUT2D eigenvalue weighted by Crippen LogP contribution is 2.44. The first-order valence-corrected chi connectivity index (χ1v) is 21.5. The summed E-state index contributed by atoms with van der Waals surface area (Å²) in [4.78, 5) is 11.1. The van der Waals surface area contributed by atoms with Crippen molar-refractivity contribution in [1.82, 2.24) is 0 Å². The molecule has 0 heterocycles. The van der Waals surface area contributed by atoms with E-state index in [1.165, 1.54) is 26.4 Å². The van der Waals surface area contributed by atoms with E-state index < -0.39 is 78.5 Å². The molecule has 0 atom stereocenters. The first-order chi connectivity index (χ1) is 26.0. The normalized spacial score (nSPS) is 12.6. The van der Waals surface area contributed by atoms with E-state index in [1.807, 2.05) is 0 Å². The number of nitrogens with zero attached hydrogens (tertiary/aromatic N) is 4. The van der Waals surface area contributed by atoms with Gasteiger partial charge in [-0.05, 0) is 36.1 Å². The number of sulfone groups is 2. The van der Waals surface area contributed by atoms with Crippen molar-refractivity contribution < 1.29 is 62.2 Å². The average molecular weight is 853 g/mol. The maximum Gasteiger partial charge on any atom is 0.296 e. The minimum Gasteiger partial charge on any atom is -0.507 e.